The van der Waals surface area contributed by atoms with E-state index in [4.69, 9.17) is 0 Å². The van der Waals surface area contributed by atoms with Crippen LogP contribution in [0.5, 0.6) is 0 Å². The molecule has 0 unspecified atom stereocenters. The molecule has 0 aliphatic carbocycles. The molecule has 0 saturated heterocycles. The number of hydrogen-bond acceptors (Lipinski definition) is 2. The van der Waals surface area contributed by atoms with E-state index in [1.807, 2.05) is 38.1 Å². The molecule has 0 aliphatic rings. The van der Waals surface area contributed by atoms with E-state index >= 15 is 0 Å². The van der Waals surface area contributed by atoms with Crippen molar-refractivity contribution in [1.29, 1.82) is 0 Å². The smallest absolute Gasteiger partial charge is 0.241 e. The standard InChI is InChI=1S/C13H17N3O/c1-3-8-14-13(17)9-16-12-7-5-4-6-11(12)10(2)15-16/h4-7H,3,8-9H2,1-2H3,(H,14,17). The maximum absolute atomic E-state index is 11.7. The van der Waals surface area contributed by atoms with Crippen LogP contribution in [0.4, 0.5) is 0 Å². The Morgan fingerprint density at radius 2 is 2.18 bits per heavy atom. The zero-order valence-corrected chi connectivity index (χ0v) is 10.2. The molecule has 1 amide bonds. The molecule has 17 heavy (non-hydrogen) atoms. The molecule has 0 bridgehead atoms. The van der Waals surface area contributed by atoms with Gasteiger partial charge in [0.2, 0.25) is 5.91 Å². The highest BCUT2D eigenvalue weighted by molar-refractivity contribution is 5.84. The van der Waals surface area contributed by atoms with Gasteiger partial charge in [0.1, 0.15) is 6.54 Å². The third kappa shape index (κ3) is 2.46. The third-order valence-electron chi connectivity index (χ3n) is 2.71. The van der Waals surface area contributed by atoms with Gasteiger partial charge >= 0.3 is 0 Å². The lowest BCUT2D eigenvalue weighted by molar-refractivity contribution is -0.121. The molecule has 0 spiro atoms. The molecule has 0 saturated carbocycles. The van der Waals surface area contributed by atoms with Crippen molar-refractivity contribution >= 4 is 16.8 Å². The highest BCUT2D eigenvalue weighted by Crippen LogP contribution is 2.16. The lowest BCUT2D eigenvalue weighted by Gasteiger charge is -2.04. The predicted octanol–water partition coefficient (Wildman–Crippen LogP) is 1.87. The van der Waals surface area contributed by atoms with Crippen LogP contribution in [0.25, 0.3) is 10.9 Å². The summed E-state index contributed by atoms with van der Waals surface area (Å²) in [6.07, 6.45) is 0.949. The fourth-order valence-electron chi connectivity index (χ4n) is 1.87. The van der Waals surface area contributed by atoms with Crippen molar-refractivity contribution in [2.45, 2.75) is 26.8 Å². The molecule has 4 heteroatoms. The van der Waals surface area contributed by atoms with E-state index in [1.54, 1.807) is 4.68 Å². The van der Waals surface area contributed by atoms with Crippen LogP contribution in [0, 0.1) is 6.92 Å². The number of aryl methyl sites for hydroxylation is 1. The Hall–Kier alpha value is -1.84. The van der Waals surface area contributed by atoms with E-state index in [0.717, 1.165) is 29.6 Å². The van der Waals surface area contributed by atoms with Gasteiger partial charge in [-0.15, -0.1) is 0 Å². The van der Waals surface area contributed by atoms with Crippen LogP contribution < -0.4 is 5.32 Å². The van der Waals surface area contributed by atoms with Gasteiger partial charge in [-0.05, 0) is 19.4 Å². The van der Waals surface area contributed by atoms with Gasteiger partial charge < -0.3 is 5.32 Å². The van der Waals surface area contributed by atoms with Crippen molar-refractivity contribution in [2.24, 2.45) is 0 Å². The molecule has 4 nitrogen and oxygen atoms in total. The molecular weight excluding hydrogens is 214 g/mol. The summed E-state index contributed by atoms with van der Waals surface area (Å²) < 4.78 is 1.76. The van der Waals surface area contributed by atoms with Gasteiger partial charge in [0.05, 0.1) is 11.2 Å². The van der Waals surface area contributed by atoms with Crippen molar-refractivity contribution < 1.29 is 4.79 Å². The van der Waals surface area contributed by atoms with Gasteiger partial charge in [-0.1, -0.05) is 25.1 Å². The summed E-state index contributed by atoms with van der Waals surface area (Å²) in [5, 5.41) is 8.36. The maximum atomic E-state index is 11.7. The number of fused-ring (bicyclic) bond motifs is 1. The molecule has 1 N–H and O–H groups in total. The van der Waals surface area contributed by atoms with Gasteiger partial charge in [-0.25, -0.2) is 0 Å². The van der Waals surface area contributed by atoms with E-state index in [9.17, 15) is 4.79 Å². The number of amides is 1. The molecule has 0 fully saturated rings. The monoisotopic (exact) mass is 231 g/mol. The first kappa shape index (κ1) is 11.6. The van der Waals surface area contributed by atoms with Gasteiger partial charge in [0.25, 0.3) is 0 Å². The second kappa shape index (κ2) is 4.99. The Morgan fingerprint density at radius 3 is 2.94 bits per heavy atom. The molecule has 1 heterocycles. The highest BCUT2D eigenvalue weighted by atomic mass is 16.2. The summed E-state index contributed by atoms with van der Waals surface area (Å²) >= 11 is 0. The SMILES string of the molecule is CCCNC(=O)Cn1nc(C)c2ccccc21. The number of hydrogen-bond donors (Lipinski definition) is 1. The van der Waals surface area contributed by atoms with Crippen molar-refractivity contribution in [2.75, 3.05) is 6.54 Å². The van der Waals surface area contributed by atoms with E-state index < -0.39 is 0 Å². The molecule has 2 rings (SSSR count). The van der Waals surface area contributed by atoms with Crippen molar-refractivity contribution in [3.63, 3.8) is 0 Å². The molecular formula is C13H17N3O. The van der Waals surface area contributed by atoms with Crippen molar-refractivity contribution in [3.05, 3.63) is 30.0 Å². The second-order valence-corrected chi connectivity index (χ2v) is 4.11. The average Bonchev–Trinajstić information content (AvgIpc) is 2.65. The first-order chi connectivity index (χ1) is 8.22. The Morgan fingerprint density at radius 1 is 1.41 bits per heavy atom. The summed E-state index contributed by atoms with van der Waals surface area (Å²) in [7, 11) is 0. The zero-order valence-electron chi connectivity index (χ0n) is 10.2. The Bertz CT molecular complexity index is 530. The Kier molecular flexibility index (Phi) is 3.42. The van der Waals surface area contributed by atoms with Crippen molar-refractivity contribution in [1.82, 2.24) is 15.1 Å². The minimum absolute atomic E-state index is 0.0140. The molecule has 90 valence electrons. The largest absolute Gasteiger partial charge is 0.355 e. The van der Waals surface area contributed by atoms with Crippen LogP contribution >= 0.6 is 0 Å². The van der Waals surface area contributed by atoms with E-state index in [-0.39, 0.29) is 12.5 Å². The predicted molar refractivity (Wildman–Crippen MR) is 67.8 cm³/mol. The minimum atomic E-state index is 0.0140. The van der Waals surface area contributed by atoms with Crippen LogP contribution in [0.2, 0.25) is 0 Å². The molecule has 0 aliphatic heterocycles. The lowest BCUT2D eigenvalue weighted by atomic mass is 10.2. The number of rotatable bonds is 4. The van der Waals surface area contributed by atoms with Gasteiger partial charge in [0.15, 0.2) is 0 Å². The van der Waals surface area contributed by atoms with Crippen LogP contribution in [0.3, 0.4) is 0 Å². The molecule has 0 radical (unpaired) electrons. The van der Waals surface area contributed by atoms with E-state index in [1.165, 1.54) is 0 Å². The lowest BCUT2D eigenvalue weighted by Crippen LogP contribution is -2.28. The first-order valence-electron chi connectivity index (χ1n) is 5.91. The summed E-state index contributed by atoms with van der Waals surface area (Å²) in [5.41, 5.74) is 1.97. The van der Waals surface area contributed by atoms with Crippen LogP contribution in [0.1, 0.15) is 19.0 Å². The van der Waals surface area contributed by atoms with E-state index in [2.05, 4.69) is 10.4 Å². The fraction of sp³-hybridized carbons (Fsp3) is 0.385. The summed E-state index contributed by atoms with van der Waals surface area (Å²) in [5.74, 6) is 0.0140. The van der Waals surface area contributed by atoms with Gasteiger partial charge in [0, 0.05) is 11.9 Å². The summed E-state index contributed by atoms with van der Waals surface area (Å²) in [6.45, 7) is 5.00. The number of para-hydroxylation sites is 1. The molecule has 2 aromatic rings. The van der Waals surface area contributed by atoms with Crippen LogP contribution in [-0.4, -0.2) is 22.2 Å². The van der Waals surface area contributed by atoms with Crippen LogP contribution in [-0.2, 0) is 11.3 Å². The number of benzene rings is 1. The number of nitrogens with zero attached hydrogens (tertiary/aromatic N) is 2. The Labute approximate surface area is 101 Å². The minimum Gasteiger partial charge on any atom is -0.355 e. The summed E-state index contributed by atoms with van der Waals surface area (Å²) in [4.78, 5) is 11.7. The van der Waals surface area contributed by atoms with Gasteiger partial charge in [-0.3, -0.25) is 9.48 Å². The maximum Gasteiger partial charge on any atom is 0.241 e. The van der Waals surface area contributed by atoms with Gasteiger partial charge in [-0.2, -0.15) is 5.10 Å². The van der Waals surface area contributed by atoms with Crippen LogP contribution in [0.15, 0.2) is 24.3 Å². The highest BCUT2D eigenvalue weighted by Gasteiger charge is 2.09. The zero-order chi connectivity index (χ0) is 12.3. The molecule has 0 atom stereocenters. The number of nitrogens with one attached hydrogen (secondary N) is 1. The fourth-order valence-corrected chi connectivity index (χ4v) is 1.87. The summed E-state index contributed by atoms with van der Waals surface area (Å²) in [6, 6.07) is 7.96. The quantitative estimate of drug-likeness (QED) is 0.873. The third-order valence-corrected chi connectivity index (χ3v) is 2.71. The van der Waals surface area contributed by atoms with Crippen molar-refractivity contribution in [3.8, 4) is 0 Å². The molecule has 1 aromatic carbocycles. The number of carbonyl (C=O) groups excluding carboxylic acids is 1. The Balaban J connectivity index is 2.21. The van der Waals surface area contributed by atoms with E-state index in [0.29, 0.717) is 0 Å². The normalized spacial score (nSPS) is 10.7. The second-order valence-electron chi connectivity index (χ2n) is 4.11. The average molecular weight is 231 g/mol. The number of aromatic nitrogens is 2. The first-order valence-corrected chi connectivity index (χ1v) is 5.91. The molecule has 1 aromatic heterocycles. The topological polar surface area (TPSA) is 46.9 Å². The number of carbonyl (C=O) groups is 1.